The van der Waals surface area contributed by atoms with Crippen LogP contribution in [0.1, 0.15) is 53.4 Å². The summed E-state index contributed by atoms with van der Waals surface area (Å²) in [4.78, 5) is 14.3. The van der Waals surface area contributed by atoms with Gasteiger partial charge < -0.3 is 10.4 Å². The van der Waals surface area contributed by atoms with Crippen molar-refractivity contribution in [2.24, 2.45) is 0 Å². The number of nitrogens with one attached hydrogen (secondary N) is 1. The number of aliphatic hydroxyl groups excluding tert-OH is 1. The van der Waals surface area contributed by atoms with Crippen LogP contribution in [0.2, 0.25) is 0 Å². The predicted molar refractivity (Wildman–Crippen MR) is 83.3 cm³/mol. The van der Waals surface area contributed by atoms with Crippen molar-refractivity contribution in [2.45, 2.75) is 65.0 Å². The van der Waals surface area contributed by atoms with Crippen LogP contribution >= 0.6 is 0 Å². The third-order valence-electron chi connectivity index (χ3n) is 4.05. The van der Waals surface area contributed by atoms with Crippen LogP contribution in [0.3, 0.4) is 0 Å². The van der Waals surface area contributed by atoms with Gasteiger partial charge in [-0.3, -0.25) is 9.69 Å². The Morgan fingerprint density at radius 3 is 2.20 bits per heavy atom. The normalized spacial score (nSPS) is 11.7. The molecular formula is C16H30N2O2. The van der Waals surface area contributed by atoms with E-state index in [-0.39, 0.29) is 19.1 Å². The maximum Gasteiger partial charge on any atom is 0.235 e. The Kier molecular flexibility index (Phi) is 9.28. The maximum atomic E-state index is 12.2. The zero-order valence-corrected chi connectivity index (χ0v) is 13.4. The van der Waals surface area contributed by atoms with E-state index in [9.17, 15) is 4.79 Å². The summed E-state index contributed by atoms with van der Waals surface area (Å²) in [6.07, 6.45) is 8.93. The number of nitrogens with zero attached hydrogens (tertiary/aromatic N) is 1. The van der Waals surface area contributed by atoms with E-state index in [1.807, 2.05) is 18.7 Å². The lowest BCUT2D eigenvalue weighted by molar-refractivity contribution is -0.124. The highest BCUT2D eigenvalue weighted by Gasteiger charge is 2.27. The highest BCUT2D eigenvalue weighted by Crippen LogP contribution is 2.14. The Morgan fingerprint density at radius 1 is 1.30 bits per heavy atom. The predicted octanol–water partition coefficient (Wildman–Crippen LogP) is 1.78. The van der Waals surface area contributed by atoms with E-state index in [4.69, 9.17) is 11.5 Å². The molecule has 2 N–H and O–H groups in total. The average Bonchev–Trinajstić information content (AvgIpc) is 2.46. The lowest BCUT2D eigenvalue weighted by Gasteiger charge is -2.32. The van der Waals surface area contributed by atoms with Gasteiger partial charge in [0.15, 0.2) is 0 Å². The zero-order chi connectivity index (χ0) is 15.6. The molecule has 0 aromatic heterocycles. The van der Waals surface area contributed by atoms with Crippen LogP contribution in [0.4, 0.5) is 0 Å². The molecule has 0 saturated heterocycles. The second-order valence-corrected chi connectivity index (χ2v) is 5.15. The molecule has 0 rings (SSSR count). The number of hydrogen-bond donors (Lipinski definition) is 2. The molecule has 0 aliphatic carbocycles. The molecule has 0 spiro atoms. The van der Waals surface area contributed by atoms with Crippen molar-refractivity contribution >= 4 is 5.91 Å². The molecule has 1 amide bonds. The molecule has 20 heavy (non-hydrogen) atoms. The smallest absolute Gasteiger partial charge is 0.235 e. The lowest BCUT2D eigenvalue weighted by atomic mass is 9.94. The summed E-state index contributed by atoms with van der Waals surface area (Å²) in [6, 6.07) is 0.316. The fourth-order valence-electron chi connectivity index (χ4n) is 2.48. The number of carbonyl (C=O) groups excluding carboxylic acids is 1. The van der Waals surface area contributed by atoms with Crippen molar-refractivity contribution in [1.29, 1.82) is 0 Å². The van der Waals surface area contributed by atoms with E-state index in [2.05, 4.69) is 25.1 Å². The first kappa shape index (κ1) is 18.9. The molecule has 4 nitrogen and oxygen atoms in total. The van der Waals surface area contributed by atoms with E-state index >= 15 is 0 Å². The number of carbonyl (C=O) groups is 1. The summed E-state index contributed by atoms with van der Waals surface area (Å²) in [5.41, 5.74) is -0.546. The first-order chi connectivity index (χ1) is 9.52. The molecular weight excluding hydrogens is 252 g/mol. The van der Waals surface area contributed by atoms with Crippen LogP contribution in [0.25, 0.3) is 0 Å². The SMILES string of the molecule is C#CC(CC)(CC)NC(=O)CN(CCO)C(CC)CC. The van der Waals surface area contributed by atoms with Crippen molar-refractivity contribution in [3.8, 4) is 12.3 Å². The fourth-order valence-corrected chi connectivity index (χ4v) is 2.48. The fraction of sp³-hybridized carbons (Fsp3) is 0.812. The van der Waals surface area contributed by atoms with Gasteiger partial charge in [-0.2, -0.15) is 0 Å². The van der Waals surface area contributed by atoms with Gasteiger partial charge in [-0.15, -0.1) is 6.42 Å². The van der Waals surface area contributed by atoms with E-state index in [1.54, 1.807) is 0 Å². The van der Waals surface area contributed by atoms with Crippen molar-refractivity contribution < 1.29 is 9.90 Å². The minimum Gasteiger partial charge on any atom is -0.395 e. The Hall–Kier alpha value is -1.05. The quantitative estimate of drug-likeness (QED) is 0.601. The van der Waals surface area contributed by atoms with Gasteiger partial charge in [0.05, 0.1) is 13.2 Å². The number of hydrogen-bond acceptors (Lipinski definition) is 3. The lowest BCUT2D eigenvalue weighted by Crippen LogP contribution is -2.51. The number of aliphatic hydroxyl groups is 1. The van der Waals surface area contributed by atoms with Crippen LogP contribution in [0.5, 0.6) is 0 Å². The highest BCUT2D eigenvalue weighted by molar-refractivity contribution is 5.79. The van der Waals surface area contributed by atoms with Crippen molar-refractivity contribution in [1.82, 2.24) is 10.2 Å². The molecule has 116 valence electrons. The van der Waals surface area contributed by atoms with Gasteiger partial charge in [0.2, 0.25) is 5.91 Å². The van der Waals surface area contributed by atoms with Crippen LogP contribution in [0.15, 0.2) is 0 Å². The first-order valence-electron chi connectivity index (χ1n) is 7.66. The van der Waals surface area contributed by atoms with Gasteiger partial charge in [-0.1, -0.05) is 33.6 Å². The van der Waals surface area contributed by atoms with Gasteiger partial charge in [0.1, 0.15) is 5.54 Å². The third kappa shape index (κ3) is 5.52. The Balaban J connectivity index is 4.72. The summed E-state index contributed by atoms with van der Waals surface area (Å²) < 4.78 is 0. The molecule has 0 saturated carbocycles. The molecule has 0 unspecified atom stereocenters. The molecule has 0 aromatic carbocycles. The van der Waals surface area contributed by atoms with Crippen LogP contribution in [0, 0.1) is 12.3 Å². The molecule has 0 aromatic rings. The number of rotatable bonds is 10. The van der Waals surface area contributed by atoms with Crippen LogP contribution in [-0.4, -0.2) is 47.2 Å². The molecule has 0 radical (unpaired) electrons. The van der Waals surface area contributed by atoms with E-state index in [0.29, 0.717) is 12.6 Å². The van der Waals surface area contributed by atoms with Crippen molar-refractivity contribution in [3.05, 3.63) is 0 Å². The molecule has 0 aliphatic heterocycles. The standard InChI is InChI=1S/C16H30N2O2/c1-6-14(7-2)18(11-12-19)13-15(20)17-16(8-3,9-4)10-5/h3,14,19H,6-7,9-13H2,1-2,4-5H3,(H,17,20). The summed E-state index contributed by atoms with van der Waals surface area (Å²) in [6.45, 7) is 9.02. The molecule has 0 heterocycles. The highest BCUT2D eigenvalue weighted by atomic mass is 16.3. The van der Waals surface area contributed by atoms with Gasteiger partial charge in [-0.05, 0) is 25.7 Å². The topological polar surface area (TPSA) is 52.6 Å². The minimum absolute atomic E-state index is 0.0611. The molecule has 0 atom stereocenters. The summed E-state index contributed by atoms with van der Waals surface area (Å²) in [5, 5.41) is 12.1. The molecule has 0 aliphatic rings. The Bertz CT molecular complexity index is 315. The largest absolute Gasteiger partial charge is 0.395 e. The minimum atomic E-state index is -0.546. The second-order valence-electron chi connectivity index (χ2n) is 5.15. The van der Waals surface area contributed by atoms with E-state index in [0.717, 1.165) is 25.7 Å². The Morgan fingerprint density at radius 2 is 1.85 bits per heavy atom. The zero-order valence-electron chi connectivity index (χ0n) is 13.4. The van der Waals surface area contributed by atoms with Crippen molar-refractivity contribution in [3.63, 3.8) is 0 Å². The molecule has 0 bridgehead atoms. The summed E-state index contributed by atoms with van der Waals surface area (Å²) in [7, 11) is 0. The first-order valence-corrected chi connectivity index (χ1v) is 7.66. The number of amides is 1. The molecule has 4 heteroatoms. The Labute approximate surface area is 123 Å². The van der Waals surface area contributed by atoms with Gasteiger partial charge in [-0.25, -0.2) is 0 Å². The van der Waals surface area contributed by atoms with Crippen LogP contribution < -0.4 is 5.32 Å². The van der Waals surface area contributed by atoms with Crippen LogP contribution in [-0.2, 0) is 4.79 Å². The molecule has 0 fully saturated rings. The average molecular weight is 282 g/mol. The van der Waals surface area contributed by atoms with Crippen molar-refractivity contribution in [2.75, 3.05) is 19.7 Å². The van der Waals surface area contributed by atoms with Gasteiger partial charge in [0.25, 0.3) is 0 Å². The van der Waals surface area contributed by atoms with Gasteiger partial charge >= 0.3 is 0 Å². The monoisotopic (exact) mass is 282 g/mol. The van der Waals surface area contributed by atoms with E-state index < -0.39 is 5.54 Å². The maximum absolute atomic E-state index is 12.2. The summed E-state index contributed by atoms with van der Waals surface area (Å²) >= 11 is 0. The third-order valence-corrected chi connectivity index (χ3v) is 4.05. The number of terminal acetylenes is 1. The second kappa shape index (κ2) is 9.79. The van der Waals surface area contributed by atoms with Gasteiger partial charge in [0, 0.05) is 12.6 Å². The van der Waals surface area contributed by atoms with E-state index in [1.165, 1.54) is 0 Å². The summed E-state index contributed by atoms with van der Waals surface area (Å²) in [5.74, 6) is 2.65.